The van der Waals surface area contributed by atoms with Gasteiger partial charge in [-0.3, -0.25) is 24.5 Å². The molecule has 0 bridgehead atoms. The number of aryl methyl sites for hydroxylation is 1. The van der Waals surface area contributed by atoms with Crippen LogP contribution in [0.4, 0.5) is 5.69 Å². The van der Waals surface area contributed by atoms with Gasteiger partial charge in [-0.1, -0.05) is 24.3 Å². The Morgan fingerprint density at radius 3 is 2.63 bits per heavy atom. The van der Waals surface area contributed by atoms with Crippen LogP contribution in [0.1, 0.15) is 52.2 Å². The molecule has 2 aromatic carbocycles. The molecule has 2 N–H and O–H groups in total. The van der Waals surface area contributed by atoms with Gasteiger partial charge in [-0.15, -0.1) is 0 Å². The molecular weight excluding hydrogens is 616 g/mol. The Kier molecular flexibility index (Phi) is 8.06. The first-order valence-electron chi connectivity index (χ1n) is 14.3. The van der Waals surface area contributed by atoms with Gasteiger partial charge in [-0.25, -0.2) is 4.68 Å². The number of likely N-dealkylation sites (tertiary alicyclic amines) is 1. The molecule has 2 saturated heterocycles. The number of hydrogen-bond donors (Lipinski definition) is 2. The summed E-state index contributed by atoms with van der Waals surface area (Å²) in [5, 5.41) is 9.97. The molecule has 0 saturated carbocycles. The van der Waals surface area contributed by atoms with Gasteiger partial charge in [0.1, 0.15) is 22.9 Å². The van der Waals surface area contributed by atoms with E-state index in [1.165, 1.54) is 15.1 Å². The van der Waals surface area contributed by atoms with Gasteiger partial charge in [0.25, 0.3) is 11.5 Å². The molecule has 3 aliphatic rings. The van der Waals surface area contributed by atoms with E-state index in [0.29, 0.717) is 47.0 Å². The number of hydrogen-bond acceptors (Lipinski definition) is 8. The van der Waals surface area contributed by atoms with Crippen LogP contribution in [0.5, 0.6) is 5.75 Å². The Labute approximate surface area is 257 Å². The summed E-state index contributed by atoms with van der Waals surface area (Å²) < 4.78 is 7.87. The monoisotopic (exact) mass is 648 g/mol. The molecule has 3 amide bonds. The highest BCUT2D eigenvalue weighted by atomic mass is 79.9. The number of amides is 3. The molecule has 3 atom stereocenters. The van der Waals surface area contributed by atoms with Gasteiger partial charge < -0.3 is 19.9 Å². The number of rotatable bonds is 7. The fraction of sp³-hybridized carbons (Fsp3) is 0.387. The van der Waals surface area contributed by atoms with Gasteiger partial charge in [0.2, 0.25) is 11.8 Å². The summed E-state index contributed by atoms with van der Waals surface area (Å²) in [6.07, 6.45) is 3.16. The zero-order valence-corrected chi connectivity index (χ0v) is 25.6. The van der Waals surface area contributed by atoms with Crippen molar-refractivity contribution in [2.45, 2.75) is 50.4 Å². The molecule has 0 aliphatic carbocycles. The van der Waals surface area contributed by atoms with E-state index >= 15 is 0 Å². The Morgan fingerprint density at radius 1 is 1.07 bits per heavy atom. The predicted octanol–water partition coefficient (Wildman–Crippen LogP) is 2.78. The lowest BCUT2D eigenvalue weighted by molar-refractivity contribution is -0.136. The highest BCUT2D eigenvalue weighted by molar-refractivity contribution is 9.10. The van der Waals surface area contributed by atoms with E-state index in [2.05, 4.69) is 67.9 Å². The van der Waals surface area contributed by atoms with Gasteiger partial charge in [0.05, 0.1) is 11.9 Å². The zero-order valence-electron chi connectivity index (χ0n) is 24.0. The van der Waals surface area contributed by atoms with Crippen LogP contribution in [0.3, 0.4) is 0 Å². The SMILES string of the molecule is CN1CC(Nc2cnn(C)c(=O)c2Br)CC(c2ccc(COc3ccc4c(c3)CN(C3CCC(=O)NC3=O)C4=O)cc2)C1. The van der Waals surface area contributed by atoms with Crippen LogP contribution < -0.4 is 20.9 Å². The van der Waals surface area contributed by atoms with Crippen molar-refractivity contribution in [3.63, 3.8) is 0 Å². The number of anilines is 1. The van der Waals surface area contributed by atoms with Gasteiger partial charge in [0.15, 0.2) is 0 Å². The summed E-state index contributed by atoms with van der Waals surface area (Å²) in [5.41, 5.74) is 4.17. The number of nitrogens with one attached hydrogen (secondary N) is 2. The second kappa shape index (κ2) is 11.9. The van der Waals surface area contributed by atoms with E-state index in [1.807, 2.05) is 6.07 Å². The summed E-state index contributed by atoms with van der Waals surface area (Å²) in [6.45, 7) is 2.49. The van der Waals surface area contributed by atoms with E-state index in [9.17, 15) is 19.2 Å². The second-order valence-electron chi connectivity index (χ2n) is 11.5. The van der Waals surface area contributed by atoms with Crippen LogP contribution in [0.2, 0.25) is 0 Å². The molecule has 0 spiro atoms. The molecule has 11 nitrogen and oxygen atoms in total. The molecule has 4 heterocycles. The maximum atomic E-state index is 12.9. The summed E-state index contributed by atoms with van der Waals surface area (Å²) in [5.74, 6) is 0.0586. The summed E-state index contributed by atoms with van der Waals surface area (Å²) >= 11 is 3.41. The van der Waals surface area contributed by atoms with Gasteiger partial charge in [-0.2, -0.15) is 5.10 Å². The summed E-state index contributed by atoms with van der Waals surface area (Å²) in [4.78, 5) is 52.9. The molecule has 3 unspecified atom stereocenters. The number of nitrogens with zero attached hydrogens (tertiary/aromatic N) is 4. The first-order chi connectivity index (χ1) is 20.7. The van der Waals surface area contributed by atoms with Crippen molar-refractivity contribution >= 4 is 39.3 Å². The third-order valence-corrected chi connectivity index (χ3v) is 9.19. The smallest absolute Gasteiger partial charge is 0.282 e. The van der Waals surface area contributed by atoms with Crippen LogP contribution in [-0.4, -0.2) is 69.5 Å². The summed E-state index contributed by atoms with van der Waals surface area (Å²) in [6, 6.07) is 13.4. The molecule has 43 heavy (non-hydrogen) atoms. The van der Waals surface area contributed by atoms with Crippen molar-refractivity contribution in [3.8, 4) is 5.75 Å². The zero-order chi connectivity index (χ0) is 30.2. The highest BCUT2D eigenvalue weighted by Gasteiger charge is 2.39. The van der Waals surface area contributed by atoms with Crippen LogP contribution in [0.25, 0.3) is 0 Å². The van der Waals surface area contributed by atoms with Crippen molar-refractivity contribution in [2.75, 3.05) is 25.5 Å². The second-order valence-corrected chi connectivity index (χ2v) is 12.3. The van der Waals surface area contributed by atoms with Crippen LogP contribution in [0, 0.1) is 0 Å². The number of carbonyl (C=O) groups excluding carboxylic acids is 3. The van der Waals surface area contributed by atoms with Crippen LogP contribution in [0.15, 0.2) is 57.9 Å². The van der Waals surface area contributed by atoms with Crippen molar-refractivity contribution in [1.82, 2.24) is 24.9 Å². The maximum absolute atomic E-state index is 12.9. The van der Waals surface area contributed by atoms with E-state index in [4.69, 9.17) is 4.74 Å². The largest absolute Gasteiger partial charge is 0.489 e. The Hall–Kier alpha value is -4.03. The van der Waals surface area contributed by atoms with Crippen molar-refractivity contribution in [3.05, 3.63) is 85.7 Å². The van der Waals surface area contributed by atoms with Crippen LogP contribution >= 0.6 is 15.9 Å². The lowest BCUT2D eigenvalue weighted by Gasteiger charge is -2.37. The average Bonchev–Trinajstić information content (AvgIpc) is 3.31. The number of halogens is 1. The predicted molar refractivity (Wildman–Crippen MR) is 163 cm³/mol. The molecule has 2 fully saturated rings. The molecule has 3 aromatic rings. The Balaban J connectivity index is 1.06. The normalized spacial score (nSPS) is 22.3. The minimum absolute atomic E-state index is 0.162. The van der Waals surface area contributed by atoms with Gasteiger partial charge in [-0.05, 0) is 76.6 Å². The van der Waals surface area contributed by atoms with E-state index < -0.39 is 11.9 Å². The maximum Gasteiger partial charge on any atom is 0.282 e. The fourth-order valence-corrected chi connectivity index (χ4v) is 6.66. The molecule has 0 radical (unpaired) electrons. The highest BCUT2D eigenvalue weighted by Crippen LogP contribution is 2.32. The Bertz CT molecular complexity index is 1640. The van der Waals surface area contributed by atoms with Gasteiger partial charge in [0, 0.05) is 44.7 Å². The number of ether oxygens (including phenoxy) is 1. The lowest BCUT2D eigenvalue weighted by Crippen LogP contribution is -2.52. The van der Waals surface area contributed by atoms with Crippen molar-refractivity contribution in [2.24, 2.45) is 7.05 Å². The molecule has 224 valence electrons. The first kappa shape index (κ1) is 29.1. The van der Waals surface area contributed by atoms with E-state index in [-0.39, 0.29) is 29.8 Å². The molecule has 1 aromatic heterocycles. The lowest BCUT2D eigenvalue weighted by atomic mass is 9.88. The third-order valence-electron chi connectivity index (χ3n) is 8.42. The number of carbonyl (C=O) groups is 3. The first-order valence-corrected chi connectivity index (χ1v) is 15.1. The van der Waals surface area contributed by atoms with Crippen LogP contribution in [-0.2, 0) is 29.8 Å². The quantitative estimate of drug-likeness (QED) is 0.375. The average molecular weight is 650 g/mol. The molecular formula is C31H33BrN6O5. The standard InChI is InChI=1S/C31H33BrN6O5/c1-36-14-20(11-22(16-36)34-25-13-33-37(2)31(42)28(25)32)19-5-3-18(4-6-19)17-43-23-7-8-24-21(12-23)15-38(30(24)41)26-9-10-27(39)35-29(26)40/h3-8,12-13,20,22,26,34H,9-11,14-17H2,1-2H3,(H,35,39,40). The number of imide groups is 1. The number of benzene rings is 2. The van der Waals surface area contributed by atoms with Crippen molar-refractivity contribution in [1.29, 1.82) is 0 Å². The van der Waals surface area contributed by atoms with E-state index in [0.717, 1.165) is 30.6 Å². The fourth-order valence-electron chi connectivity index (χ4n) is 6.19. The molecule has 3 aliphatic heterocycles. The number of piperidine rings is 2. The number of likely N-dealkylation sites (N-methyl/N-ethyl adjacent to an activating group) is 1. The van der Waals surface area contributed by atoms with Gasteiger partial charge >= 0.3 is 0 Å². The van der Waals surface area contributed by atoms with E-state index in [1.54, 1.807) is 25.4 Å². The minimum Gasteiger partial charge on any atom is -0.489 e. The third kappa shape index (κ3) is 6.07. The summed E-state index contributed by atoms with van der Waals surface area (Å²) in [7, 11) is 3.73. The Morgan fingerprint density at radius 2 is 1.86 bits per heavy atom. The number of fused-ring (bicyclic) bond motifs is 1. The topological polar surface area (TPSA) is 126 Å². The minimum atomic E-state index is -0.637. The molecule has 6 rings (SSSR count). The number of aromatic nitrogens is 2. The van der Waals surface area contributed by atoms with Crippen molar-refractivity contribution < 1.29 is 19.1 Å². The molecule has 12 heteroatoms.